The molecule has 3 heterocycles. The first kappa shape index (κ1) is 23.6. The van der Waals surface area contributed by atoms with E-state index in [4.69, 9.17) is 21.4 Å². The number of ether oxygens (including phenoxy) is 1. The summed E-state index contributed by atoms with van der Waals surface area (Å²) in [5, 5.41) is 6.81. The Morgan fingerprint density at radius 2 is 1.86 bits per heavy atom. The number of aromatic nitrogens is 1. The molecule has 2 aromatic carbocycles. The summed E-state index contributed by atoms with van der Waals surface area (Å²) in [5.74, 6) is 2.22. The van der Waals surface area contributed by atoms with Gasteiger partial charge in [-0.2, -0.15) is 0 Å². The second-order valence-corrected chi connectivity index (χ2v) is 8.77. The Morgan fingerprint density at radius 1 is 1.08 bits per heavy atom. The molecule has 0 aliphatic carbocycles. The highest BCUT2D eigenvalue weighted by atomic mass is 32.1. The SMILES string of the molecule is CCOc1ccc(-c2ccc([C@H]3[C@H](c4ccccn4)NC(=S)N3c3ccc(NC(C)=O)cc3)o2)cc1. The molecule has 1 saturated heterocycles. The summed E-state index contributed by atoms with van der Waals surface area (Å²) in [7, 11) is 0. The Morgan fingerprint density at radius 3 is 2.53 bits per heavy atom. The fraction of sp³-hybridized carbons (Fsp3) is 0.179. The lowest BCUT2D eigenvalue weighted by Crippen LogP contribution is -2.29. The molecular formula is C28H26N4O3S. The number of rotatable bonds is 7. The van der Waals surface area contributed by atoms with Gasteiger partial charge in [0.15, 0.2) is 5.11 Å². The van der Waals surface area contributed by atoms with Crippen LogP contribution in [0, 0.1) is 0 Å². The molecule has 1 aliphatic rings. The first-order valence-corrected chi connectivity index (χ1v) is 12.2. The molecule has 1 amide bonds. The number of hydrogen-bond acceptors (Lipinski definition) is 5. The van der Waals surface area contributed by atoms with Crippen LogP contribution >= 0.6 is 12.2 Å². The minimum Gasteiger partial charge on any atom is -0.494 e. The number of nitrogens with one attached hydrogen (secondary N) is 2. The van der Waals surface area contributed by atoms with Crippen molar-refractivity contribution in [2.45, 2.75) is 25.9 Å². The average molecular weight is 499 g/mol. The number of anilines is 2. The van der Waals surface area contributed by atoms with Crippen LogP contribution in [-0.4, -0.2) is 22.6 Å². The van der Waals surface area contributed by atoms with Crippen molar-refractivity contribution >= 4 is 34.6 Å². The number of benzene rings is 2. The zero-order valence-electron chi connectivity index (χ0n) is 20.0. The van der Waals surface area contributed by atoms with Gasteiger partial charge in [0.05, 0.1) is 18.3 Å². The van der Waals surface area contributed by atoms with Crippen LogP contribution in [0.1, 0.15) is 37.4 Å². The summed E-state index contributed by atoms with van der Waals surface area (Å²) in [6.45, 7) is 4.07. The molecule has 0 radical (unpaired) electrons. The highest BCUT2D eigenvalue weighted by Crippen LogP contribution is 2.43. The van der Waals surface area contributed by atoms with Crippen LogP contribution in [-0.2, 0) is 4.79 Å². The zero-order valence-corrected chi connectivity index (χ0v) is 20.8. The average Bonchev–Trinajstić information content (AvgIpc) is 3.50. The Kier molecular flexibility index (Phi) is 6.69. The van der Waals surface area contributed by atoms with Crippen LogP contribution in [0.4, 0.5) is 11.4 Å². The molecule has 2 atom stereocenters. The fourth-order valence-corrected chi connectivity index (χ4v) is 4.73. The third kappa shape index (κ3) is 4.81. The van der Waals surface area contributed by atoms with E-state index in [-0.39, 0.29) is 18.0 Å². The topological polar surface area (TPSA) is 79.6 Å². The van der Waals surface area contributed by atoms with Crippen molar-refractivity contribution in [1.29, 1.82) is 0 Å². The smallest absolute Gasteiger partial charge is 0.221 e. The van der Waals surface area contributed by atoms with E-state index in [1.165, 1.54) is 6.92 Å². The van der Waals surface area contributed by atoms with Crippen LogP contribution in [0.5, 0.6) is 5.75 Å². The molecule has 7 nitrogen and oxygen atoms in total. The molecular weight excluding hydrogens is 472 g/mol. The third-order valence-corrected chi connectivity index (χ3v) is 6.25. The largest absolute Gasteiger partial charge is 0.494 e. The van der Waals surface area contributed by atoms with Crippen molar-refractivity contribution in [2.75, 3.05) is 16.8 Å². The van der Waals surface area contributed by atoms with Crippen molar-refractivity contribution in [3.63, 3.8) is 0 Å². The number of amides is 1. The number of hydrogen-bond donors (Lipinski definition) is 2. The lowest BCUT2D eigenvalue weighted by atomic mass is 10.0. The van der Waals surface area contributed by atoms with E-state index in [1.54, 1.807) is 6.20 Å². The van der Waals surface area contributed by atoms with Crippen LogP contribution in [0.15, 0.2) is 89.5 Å². The summed E-state index contributed by atoms with van der Waals surface area (Å²) < 4.78 is 12.0. The van der Waals surface area contributed by atoms with Crippen molar-refractivity contribution < 1.29 is 13.9 Å². The predicted molar refractivity (Wildman–Crippen MR) is 144 cm³/mol. The predicted octanol–water partition coefficient (Wildman–Crippen LogP) is 5.88. The van der Waals surface area contributed by atoms with Gasteiger partial charge in [0.2, 0.25) is 5.91 Å². The Hall–Kier alpha value is -4.17. The van der Waals surface area contributed by atoms with E-state index >= 15 is 0 Å². The van der Waals surface area contributed by atoms with Crippen LogP contribution < -0.4 is 20.3 Å². The van der Waals surface area contributed by atoms with E-state index in [0.717, 1.165) is 39.9 Å². The second kappa shape index (κ2) is 10.2. The number of carbonyl (C=O) groups excluding carboxylic acids is 1. The third-order valence-electron chi connectivity index (χ3n) is 5.93. The molecule has 182 valence electrons. The minimum atomic E-state index is -0.268. The van der Waals surface area contributed by atoms with E-state index in [9.17, 15) is 4.79 Å². The molecule has 36 heavy (non-hydrogen) atoms. The van der Waals surface area contributed by atoms with Crippen molar-refractivity contribution in [3.05, 3.63) is 96.5 Å². The van der Waals surface area contributed by atoms with Gasteiger partial charge in [0.25, 0.3) is 0 Å². The Balaban J connectivity index is 1.51. The number of pyridine rings is 1. The minimum absolute atomic E-state index is 0.119. The maximum atomic E-state index is 11.4. The normalized spacial score (nSPS) is 17.1. The van der Waals surface area contributed by atoms with Crippen LogP contribution in [0.2, 0.25) is 0 Å². The van der Waals surface area contributed by atoms with Gasteiger partial charge in [0.1, 0.15) is 23.3 Å². The van der Waals surface area contributed by atoms with Crippen molar-refractivity contribution in [3.8, 4) is 17.1 Å². The van der Waals surface area contributed by atoms with Gasteiger partial charge in [0, 0.05) is 30.1 Å². The summed E-state index contributed by atoms with van der Waals surface area (Å²) in [4.78, 5) is 18.1. The molecule has 2 N–H and O–H groups in total. The lowest BCUT2D eigenvalue weighted by Gasteiger charge is -2.26. The standard InChI is InChI=1S/C28H26N4O3S/c1-3-34-22-13-7-19(8-14-22)24-15-16-25(35-24)27-26(23-6-4-5-17-29-23)31-28(36)32(27)21-11-9-20(10-12-21)30-18(2)33/h4-17,26-27H,3H2,1-2H3,(H,30,33)(H,31,36)/t26-,27-/m0/s1. The number of carbonyl (C=O) groups is 1. The van der Waals surface area contributed by atoms with Crippen molar-refractivity contribution in [1.82, 2.24) is 10.3 Å². The molecule has 0 saturated carbocycles. The van der Waals surface area contributed by atoms with Gasteiger partial charge in [-0.25, -0.2) is 0 Å². The first-order chi connectivity index (χ1) is 17.5. The van der Waals surface area contributed by atoms with Gasteiger partial charge in [-0.3, -0.25) is 9.78 Å². The highest BCUT2D eigenvalue weighted by molar-refractivity contribution is 7.80. The Bertz CT molecular complexity index is 1350. The Labute approximate surface area is 215 Å². The summed E-state index contributed by atoms with van der Waals surface area (Å²) in [6, 6.07) is 24.7. The fourth-order valence-electron chi connectivity index (χ4n) is 4.38. The van der Waals surface area contributed by atoms with E-state index < -0.39 is 0 Å². The monoisotopic (exact) mass is 498 g/mol. The summed E-state index contributed by atoms with van der Waals surface area (Å²) >= 11 is 5.78. The van der Waals surface area contributed by atoms with Crippen LogP contribution in [0.3, 0.4) is 0 Å². The summed E-state index contributed by atoms with van der Waals surface area (Å²) in [5.41, 5.74) is 3.42. The summed E-state index contributed by atoms with van der Waals surface area (Å²) in [6.07, 6.45) is 1.77. The molecule has 0 spiro atoms. The quantitative estimate of drug-likeness (QED) is 0.308. The first-order valence-electron chi connectivity index (χ1n) is 11.7. The number of thiocarbonyl (C=S) groups is 1. The van der Waals surface area contributed by atoms with Gasteiger partial charge in [-0.1, -0.05) is 6.07 Å². The van der Waals surface area contributed by atoms with Gasteiger partial charge in [-0.15, -0.1) is 0 Å². The highest BCUT2D eigenvalue weighted by Gasteiger charge is 2.42. The molecule has 0 bridgehead atoms. The lowest BCUT2D eigenvalue weighted by molar-refractivity contribution is -0.114. The molecule has 5 rings (SSSR count). The molecule has 1 fully saturated rings. The molecule has 4 aromatic rings. The van der Waals surface area contributed by atoms with Crippen molar-refractivity contribution in [2.24, 2.45) is 0 Å². The molecule has 2 aromatic heterocycles. The maximum absolute atomic E-state index is 11.4. The maximum Gasteiger partial charge on any atom is 0.221 e. The zero-order chi connectivity index (χ0) is 25.1. The van der Waals surface area contributed by atoms with E-state index in [1.807, 2.05) is 90.7 Å². The number of nitrogens with zero attached hydrogens (tertiary/aromatic N) is 2. The number of furan rings is 1. The second-order valence-electron chi connectivity index (χ2n) is 8.38. The van der Waals surface area contributed by atoms with E-state index in [0.29, 0.717) is 11.7 Å². The van der Waals surface area contributed by atoms with E-state index in [2.05, 4.69) is 15.6 Å². The van der Waals surface area contributed by atoms with Gasteiger partial charge >= 0.3 is 0 Å². The molecule has 0 unspecified atom stereocenters. The van der Waals surface area contributed by atoms with Gasteiger partial charge < -0.3 is 24.7 Å². The molecule has 8 heteroatoms. The van der Waals surface area contributed by atoms with Crippen LogP contribution in [0.25, 0.3) is 11.3 Å². The van der Waals surface area contributed by atoms with Gasteiger partial charge in [-0.05, 0) is 91.9 Å². The molecule has 1 aliphatic heterocycles.